The zero-order valence-corrected chi connectivity index (χ0v) is 11.6. The number of carbonyl (C=O) groups is 2. The van der Waals surface area contributed by atoms with Crippen LogP contribution in [0.1, 0.15) is 31.8 Å². The van der Waals surface area contributed by atoms with E-state index in [0.29, 0.717) is 27.3 Å². The first-order valence-corrected chi connectivity index (χ1v) is 6.96. The first-order chi connectivity index (χ1) is 10.2. The van der Waals surface area contributed by atoms with E-state index in [0.717, 1.165) is 10.8 Å². The molecular formula is C18H9ClO2. The zero-order chi connectivity index (χ0) is 14.6. The molecule has 0 atom stereocenters. The van der Waals surface area contributed by atoms with Crippen molar-refractivity contribution >= 4 is 33.9 Å². The van der Waals surface area contributed by atoms with Gasteiger partial charge >= 0.3 is 0 Å². The predicted octanol–water partition coefficient (Wildman–Crippen LogP) is 4.27. The summed E-state index contributed by atoms with van der Waals surface area (Å²) in [5.74, 6) is -0.324. The quantitative estimate of drug-likeness (QED) is 0.485. The van der Waals surface area contributed by atoms with Crippen LogP contribution in [0.25, 0.3) is 10.8 Å². The normalized spacial score (nSPS) is 13.2. The second-order valence-corrected chi connectivity index (χ2v) is 5.44. The van der Waals surface area contributed by atoms with Crippen molar-refractivity contribution in [2.45, 2.75) is 0 Å². The highest BCUT2D eigenvalue weighted by molar-refractivity contribution is 6.41. The Bertz CT molecular complexity index is 941. The summed E-state index contributed by atoms with van der Waals surface area (Å²) in [5.41, 5.74) is 1.61. The Morgan fingerprint density at radius 2 is 1.29 bits per heavy atom. The van der Waals surface area contributed by atoms with E-state index >= 15 is 0 Å². The summed E-state index contributed by atoms with van der Waals surface area (Å²) in [6, 6.07) is 16.1. The van der Waals surface area contributed by atoms with E-state index in [4.69, 9.17) is 11.6 Å². The number of carbonyl (C=O) groups excluding carboxylic acids is 2. The summed E-state index contributed by atoms with van der Waals surface area (Å²) in [6.45, 7) is 0. The highest BCUT2D eigenvalue weighted by Crippen LogP contribution is 2.36. The SMILES string of the molecule is O=C1c2ccccc2C(=O)c2c1c(Cl)cc1ccccc21. The van der Waals surface area contributed by atoms with Gasteiger partial charge in [0.25, 0.3) is 0 Å². The molecule has 0 N–H and O–H groups in total. The zero-order valence-electron chi connectivity index (χ0n) is 10.9. The van der Waals surface area contributed by atoms with Gasteiger partial charge in [-0.2, -0.15) is 0 Å². The molecule has 2 nitrogen and oxygen atoms in total. The number of hydrogen-bond donors (Lipinski definition) is 0. The number of benzene rings is 3. The Kier molecular flexibility index (Phi) is 2.50. The summed E-state index contributed by atoms with van der Waals surface area (Å²) in [6.07, 6.45) is 0. The lowest BCUT2D eigenvalue weighted by molar-refractivity contribution is 0.0980. The van der Waals surface area contributed by atoms with Crippen molar-refractivity contribution in [2.24, 2.45) is 0 Å². The van der Waals surface area contributed by atoms with Crippen LogP contribution in [0.15, 0.2) is 54.6 Å². The maximum atomic E-state index is 12.8. The van der Waals surface area contributed by atoms with Gasteiger partial charge in [0.15, 0.2) is 11.6 Å². The average Bonchev–Trinajstić information content (AvgIpc) is 2.51. The molecule has 0 amide bonds. The minimum Gasteiger partial charge on any atom is -0.289 e. The van der Waals surface area contributed by atoms with E-state index in [2.05, 4.69) is 0 Å². The van der Waals surface area contributed by atoms with E-state index in [1.54, 1.807) is 30.3 Å². The third kappa shape index (κ3) is 1.60. The second kappa shape index (κ2) is 4.27. The predicted molar refractivity (Wildman–Crippen MR) is 82.3 cm³/mol. The van der Waals surface area contributed by atoms with Gasteiger partial charge in [-0.3, -0.25) is 9.59 Å². The van der Waals surface area contributed by atoms with Gasteiger partial charge in [0.05, 0.1) is 10.6 Å². The molecule has 3 aromatic carbocycles. The van der Waals surface area contributed by atoms with Crippen molar-refractivity contribution in [2.75, 3.05) is 0 Å². The van der Waals surface area contributed by atoms with Gasteiger partial charge in [-0.25, -0.2) is 0 Å². The fourth-order valence-electron chi connectivity index (χ4n) is 2.92. The molecule has 0 fully saturated rings. The molecule has 0 saturated carbocycles. The van der Waals surface area contributed by atoms with Crippen molar-refractivity contribution in [1.82, 2.24) is 0 Å². The largest absolute Gasteiger partial charge is 0.289 e. The topological polar surface area (TPSA) is 34.1 Å². The molecule has 0 spiro atoms. The highest BCUT2D eigenvalue weighted by Gasteiger charge is 2.32. The molecule has 3 heteroatoms. The number of ketones is 2. The highest BCUT2D eigenvalue weighted by atomic mass is 35.5. The van der Waals surface area contributed by atoms with Crippen LogP contribution in [0, 0.1) is 0 Å². The molecule has 4 rings (SSSR count). The van der Waals surface area contributed by atoms with Gasteiger partial charge in [-0.05, 0) is 16.8 Å². The molecular weight excluding hydrogens is 284 g/mol. The fraction of sp³-hybridized carbons (Fsp3) is 0. The molecule has 1 aliphatic carbocycles. The summed E-state index contributed by atoms with van der Waals surface area (Å²) in [5, 5.41) is 1.96. The molecule has 1 aliphatic rings. The number of halogens is 1. The van der Waals surface area contributed by atoms with Crippen molar-refractivity contribution in [3.05, 3.63) is 81.9 Å². The summed E-state index contributed by atoms with van der Waals surface area (Å²) in [7, 11) is 0. The van der Waals surface area contributed by atoms with Crippen LogP contribution in [0.3, 0.4) is 0 Å². The number of hydrogen-bond acceptors (Lipinski definition) is 2. The molecule has 0 bridgehead atoms. The number of fused-ring (bicyclic) bond motifs is 4. The van der Waals surface area contributed by atoms with Gasteiger partial charge < -0.3 is 0 Å². The Labute approximate surface area is 126 Å². The lowest BCUT2D eigenvalue weighted by Gasteiger charge is -2.20. The third-order valence-corrected chi connectivity index (χ3v) is 4.17. The molecule has 3 aromatic rings. The van der Waals surface area contributed by atoms with E-state index < -0.39 is 0 Å². The molecule has 0 unspecified atom stereocenters. The standard InChI is InChI=1S/C18H9ClO2/c19-14-9-10-5-1-2-6-11(10)15-16(14)18(21)13-8-4-3-7-12(13)17(15)20/h1-9H. The van der Waals surface area contributed by atoms with Crippen molar-refractivity contribution in [3.8, 4) is 0 Å². The van der Waals surface area contributed by atoms with E-state index in [9.17, 15) is 9.59 Å². The first kappa shape index (κ1) is 12.3. The maximum Gasteiger partial charge on any atom is 0.196 e. The van der Waals surface area contributed by atoms with Crippen LogP contribution in [-0.4, -0.2) is 11.6 Å². The second-order valence-electron chi connectivity index (χ2n) is 5.03. The minimum atomic E-state index is -0.184. The number of rotatable bonds is 0. The summed E-state index contributed by atoms with van der Waals surface area (Å²) < 4.78 is 0. The molecule has 0 heterocycles. The van der Waals surface area contributed by atoms with E-state index in [1.807, 2.05) is 24.3 Å². The van der Waals surface area contributed by atoms with Crippen LogP contribution in [-0.2, 0) is 0 Å². The maximum absolute atomic E-state index is 12.8. The molecule has 0 aromatic heterocycles. The summed E-state index contributed by atoms with van der Waals surface area (Å²) in [4.78, 5) is 25.5. The van der Waals surface area contributed by atoms with Gasteiger partial charge in [-0.15, -0.1) is 0 Å². The molecule has 21 heavy (non-hydrogen) atoms. The van der Waals surface area contributed by atoms with Gasteiger partial charge in [0.1, 0.15) is 0 Å². The van der Waals surface area contributed by atoms with Gasteiger partial charge in [0.2, 0.25) is 0 Å². The van der Waals surface area contributed by atoms with Crippen molar-refractivity contribution in [3.63, 3.8) is 0 Å². The molecule has 0 saturated heterocycles. The van der Waals surface area contributed by atoms with Gasteiger partial charge in [0, 0.05) is 16.7 Å². The van der Waals surface area contributed by atoms with Crippen molar-refractivity contribution < 1.29 is 9.59 Å². The van der Waals surface area contributed by atoms with Crippen LogP contribution in [0.5, 0.6) is 0 Å². The van der Waals surface area contributed by atoms with Crippen LogP contribution < -0.4 is 0 Å². The lowest BCUT2D eigenvalue weighted by atomic mass is 9.81. The smallest absolute Gasteiger partial charge is 0.196 e. The Balaban J connectivity index is 2.18. The fourth-order valence-corrected chi connectivity index (χ4v) is 3.22. The summed E-state index contributed by atoms with van der Waals surface area (Å²) >= 11 is 6.27. The van der Waals surface area contributed by atoms with E-state index in [1.165, 1.54) is 0 Å². The first-order valence-electron chi connectivity index (χ1n) is 6.58. The Morgan fingerprint density at radius 3 is 2.00 bits per heavy atom. The van der Waals surface area contributed by atoms with Gasteiger partial charge in [-0.1, -0.05) is 60.1 Å². The third-order valence-electron chi connectivity index (χ3n) is 3.87. The molecule has 0 aliphatic heterocycles. The van der Waals surface area contributed by atoms with E-state index in [-0.39, 0.29) is 11.6 Å². The Hall–Kier alpha value is -2.45. The van der Waals surface area contributed by atoms with Crippen molar-refractivity contribution in [1.29, 1.82) is 0 Å². The molecule has 0 radical (unpaired) electrons. The molecule has 100 valence electrons. The van der Waals surface area contributed by atoms with Crippen LogP contribution >= 0.6 is 11.6 Å². The van der Waals surface area contributed by atoms with Crippen LogP contribution in [0.2, 0.25) is 5.02 Å². The monoisotopic (exact) mass is 292 g/mol. The average molecular weight is 293 g/mol. The minimum absolute atomic E-state index is 0.140. The Morgan fingerprint density at radius 1 is 0.714 bits per heavy atom. The lowest BCUT2D eigenvalue weighted by Crippen LogP contribution is -2.21. The van der Waals surface area contributed by atoms with Crippen LogP contribution in [0.4, 0.5) is 0 Å².